The van der Waals surface area contributed by atoms with E-state index in [0.29, 0.717) is 0 Å². The van der Waals surface area contributed by atoms with Gasteiger partial charge >= 0.3 is 0 Å². The van der Waals surface area contributed by atoms with Gasteiger partial charge in [-0.05, 0) is 12.8 Å². The predicted molar refractivity (Wildman–Crippen MR) is 56.3 cm³/mol. The zero-order valence-corrected chi connectivity index (χ0v) is 9.20. The SMILES string of the molecule is O=[N+]([O-])C1CCCCCCC1I. The molecule has 0 saturated heterocycles. The first-order valence-corrected chi connectivity index (χ1v) is 5.74. The van der Waals surface area contributed by atoms with Crippen LogP contribution in [0.15, 0.2) is 0 Å². The van der Waals surface area contributed by atoms with Crippen molar-refractivity contribution in [3.8, 4) is 0 Å². The van der Waals surface area contributed by atoms with Gasteiger partial charge in [0.2, 0.25) is 6.04 Å². The van der Waals surface area contributed by atoms with Crippen LogP contribution in [0.2, 0.25) is 0 Å². The van der Waals surface area contributed by atoms with E-state index in [-0.39, 0.29) is 14.9 Å². The monoisotopic (exact) mass is 283 g/mol. The zero-order valence-electron chi connectivity index (χ0n) is 7.04. The van der Waals surface area contributed by atoms with E-state index >= 15 is 0 Å². The summed E-state index contributed by atoms with van der Waals surface area (Å²) in [6, 6.07) is -0.286. The molecule has 1 fully saturated rings. The third-order valence-electron chi connectivity index (χ3n) is 2.42. The molecule has 4 heteroatoms. The number of rotatable bonds is 1. The maximum atomic E-state index is 10.6. The van der Waals surface area contributed by atoms with Gasteiger partial charge in [-0.1, -0.05) is 41.9 Å². The van der Waals surface area contributed by atoms with Gasteiger partial charge in [-0.3, -0.25) is 10.1 Å². The Morgan fingerprint density at radius 1 is 1.17 bits per heavy atom. The van der Waals surface area contributed by atoms with Crippen molar-refractivity contribution in [2.45, 2.75) is 48.5 Å². The third kappa shape index (κ3) is 2.88. The molecule has 1 saturated carbocycles. The summed E-state index contributed by atoms with van der Waals surface area (Å²) in [5, 5.41) is 10.6. The molecule has 12 heavy (non-hydrogen) atoms. The Balaban J connectivity index is 2.48. The molecule has 3 nitrogen and oxygen atoms in total. The second-order valence-corrected chi connectivity index (χ2v) is 4.96. The van der Waals surface area contributed by atoms with Crippen LogP contribution in [-0.2, 0) is 0 Å². The lowest BCUT2D eigenvalue weighted by Gasteiger charge is -2.18. The highest BCUT2D eigenvalue weighted by molar-refractivity contribution is 14.1. The van der Waals surface area contributed by atoms with E-state index in [2.05, 4.69) is 22.6 Å². The number of halogens is 1. The molecule has 0 heterocycles. The standard InChI is InChI=1S/C8H14INO2/c9-7-5-3-1-2-4-6-8(7)10(11)12/h7-8H,1-6H2. The van der Waals surface area contributed by atoms with Crippen LogP contribution in [0.3, 0.4) is 0 Å². The Hall–Kier alpha value is 0.130. The number of hydrogen-bond donors (Lipinski definition) is 0. The largest absolute Gasteiger partial charge is 0.264 e. The van der Waals surface area contributed by atoms with Crippen LogP contribution in [0.5, 0.6) is 0 Å². The Morgan fingerprint density at radius 2 is 1.75 bits per heavy atom. The second kappa shape index (κ2) is 4.99. The minimum atomic E-state index is -0.286. The second-order valence-electron chi connectivity index (χ2n) is 3.36. The van der Waals surface area contributed by atoms with Crippen molar-refractivity contribution in [3.05, 3.63) is 10.1 Å². The van der Waals surface area contributed by atoms with Gasteiger partial charge in [-0.15, -0.1) is 0 Å². The van der Waals surface area contributed by atoms with Crippen LogP contribution in [0.25, 0.3) is 0 Å². The molecule has 0 bridgehead atoms. The van der Waals surface area contributed by atoms with Gasteiger partial charge in [0.05, 0.1) is 3.92 Å². The van der Waals surface area contributed by atoms with Gasteiger partial charge < -0.3 is 0 Å². The molecule has 0 aliphatic heterocycles. The Morgan fingerprint density at radius 3 is 2.33 bits per heavy atom. The first-order valence-electron chi connectivity index (χ1n) is 4.49. The number of alkyl halides is 1. The van der Waals surface area contributed by atoms with E-state index in [1.165, 1.54) is 12.8 Å². The van der Waals surface area contributed by atoms with Crippen molar-refractivity contribution in [2.75, 3.05) is 0 Å². The molecule has 0 spiro atoms. The maximum absolute atomic E-state index is 10.6. The fraction of sp³-hybridized carbons (Fsp3) is 1.00. The number of nitro groups is 1. The Labute approximate surface area is 86.2 Å². The molecule has 1 rings (SSSR count). The van der Waals surface area contributed by atoms with E-state index in [1.54, 1.807) is 0 Å². The van der Waals surface area contributed by atoms with Crippen molar-refractivity contribution in [1.29, 1.82) is 0 Å². The number of hydrogen-bond acceptors (Lipinski definition) is 2. The first kappa shape index (κ1) is 10.2. The molecular formula is C8H14INO2. The summed E-state index contributed by atoms with van der Waals surface area (Å²) in [7, 11) is 0. The van der Waals surface area contributed by atoms with Gasteiger partial charge in [-0.2, -0.15) is 0 Å². The first-order chi connectivity index (χ1) is 5.72. The quantitative estimate of drug-likeness (QED) is 0.321. The minimum absolute atomic E-state index is 0.0948. The lowest BCUT2D eigenvalue weighted by molar-refractivity contribution is -0.522. The Bertz CT molecular complexity index is 163. The van der Waals surface area contributed by atoms with Crippen LogP contribution < -0.4 is 0 Å². The fourth-order valence-corrected chi connectivity index (χ4v) is 2.72. The molecule has 0 aromatic heterocycles. The van der Waals surface area contributed by atoms with Gasteiger partial charge in [-0.25, -0.2) is 0 Å². The molecular weight excluding hydrogens is 269 g/mol. The minimum Gasteiger partial charge on any atom is -0.264 e. The summed E-state index contributed by atoms with van der Waals surface area (Å²) < 4.78 is 0.248. The van der Waals surface area contributed by atoms with Gasteiger partial charge in [0.25, 0.3) is 0 Å². The van der Waals surface area contributed by atoms with Gasteiger partial charge in [0, 0.05) is 11.3 Å². The van der Waals surface area contributed by atoms with Crippen LogP contribution in [0.1, 0.15) is 38.5 Å². The van der Waals surface area contributed by atoms with Crippen LogP contribution in [-0.4, -0.2) is 14.9 Å². The highest BCUT2D eigenvalue weighted by Crippen LogP contribution is 2.24. The highest BCUT2D eigenvalue weighted by atomic mass is 127. The molecule has 0 amide bonds. The highest BCUT2D eigenvalue weighted by Gasteiger charge is 2.29. The topological polar surface area (TPSA) is 43.1 Å². The average molecular weight is 283 g/mol. The normalized spacial score (nSPS) is 32.1. The van der Waals surface area contributed by atoms with E-state index in [9.17, 15) is 10.1 Å². The molecule has 1 aliphatic rings. The maximum Gasteiger partial charge on any atom is 0.224 e. The van der Waals surface area contributed by atoms with Crippen LogP contribution in [0, 0.1) is 10.1 Å². The van der Waals surface area contributed by atoms with Gasteiger partial charge in [0.1, 0.15) is 0 Å². The third-order valence-corrected chi connectivity index (χ3v) is 3.87. The predicted octanol–water partition coefficient (Wildman–Crippen LogP) is 2.79. The van der Waals surface area contributed by atoms with E-state index < -0.39 is 0 Å². The molecule has 0 aromatic carbocycles. The smallest absolute Gasteiger partial charge is 0.224 e. The van der Waals surface area contributed by atoms with Crippen LogP contribution >= 0.6 is 22.6 Å². The van der Waals surface area contributed by atoms with E-state index in [1.807, 2.05) is 0 Å². The summed E-state index contributed by atoms with van der Waals surface area (Å²) in [6.45, 7) is 0. The number of nitrogens with zero attached hydrogens (tertiary/aromatic N) is 1. The lowest BCUT2D eigenvalue weighted by Crippen LogP contribution is -2.30. The van der Waals surface area contributed by atoms with E-state index in [4.69, 9.17) is 0 Å². The summed E-state index contributed by atoms with van der Waals surface area (Å²) in [4.78, 5) is 10.5. The van der Waals surface area contributed by atoms with E-state index in [0.717, 1.165) is 25.7 Å². The Kier molecular flexibility index (Phi) is 4.25. The lowest BCUT2D eigenvalue weighted by atomic mass is 9.97. The zero-order chi connectivity index (χ0) is 8.97. The van der Waals surface area contributed by atoms with Crippen molar-refractivity contribution >= 4 is 22.6 Å². The molecule has 0 N–H and O–H groups in total. The summed E-state index contributed by atoms with van der Waals surface area (Å²) in [5.41, 5.74) is 0. The summed E-state index contributed by atoms with van der Waals surface area (Å²) in [5.74, 6) is 0. The van der Waals surface area contributed by atoms with Crippen molar-refractivity contribution in [2.24, 2.45) is 0 Å². The average Bonchev–Trinajstić information content (AvgIpc) is 1.96. The molecule has 70 valence electrons. The van der Waals surface area contributed by atoms with Crippen molar-refractivity contribution in [3.63, 3.8) is 0 Å². The molecule has 2 unspecified atom stereocenters. The fourth-order valence-electron chi connectivity index (χ4n) is 1.66. The van der Waals surface area contributed by atoms with Crippen molar-refractivity contribution < 1.29 is 4.92 Å². The molecule has 1 aliphatic carbocycles. The van der Waals surface area contributed by atoms with Crippen molar-refractivity contribution in [1.82, 2.24) is 0 Å². The van der Waals surface area contributed by atoms with Gasteiger partial charge in [0.15, 0.2) is 0 Å². The summed E-state index contributed by atoms with van der Waals surface area (Å²) >= 11 is 2.23. The summed E-state index contributed by atoms with van der Waals surface area (Å²) in [6.07, 6.45) is 6.42. The molecule has 0 aromatic rings. The molecule has 2 atom stereocenters. The van der Waals surface area contributed by atoms with Crippen LogP contribution in [0.4, 0.5) is 0 Å². The molecule has 0 radical (unpaired) electrons.